The first-order valence-corrected chi connectivity index (χ1v) is 5.74. The van der Waals surface area contributed by atoms with Crippen LogP contribution >= 0.6 is 15.9 Å². The summed E-state index contributed by atoms with van der Waals surface area (Å²) in [6.45, 7) is 1.74. The molecule has 0 aliphatic carbocycles. The van der Waals surface area contributed by atoms with Crippen molar-refractivity contribution >= 4 is 15.9 Å². The fraction of sp³-hybridized carbons (Fsp3) is 0.167. The standard InChI is InChI=1S/C12H8BrF3O/c1-6-2-7(5-17-6)12(13)8-3-10(15)11(16)4-9(8)14/h2-5,12H,1H3. The Bertz CT molecular complexity index is 551. The first-order chi connectivity index (χ1) is 7.99. The van der Waals surface area contributed by atoms with Gasteiger partial charge >= 0.3 is 0 Å². The lowest BCUT2D eigenvalue weighted by molar-refractivity contribution is 0.490. The number of rotatable bonds is 2. The Hall–Kier alpha value is -1.23. The lowest BCUT2D eigenvalue weighted by atomic mass is 10.1. The summed E-state index contributed by atoms with van der Waals surface area (Å²) in [6.07, 6.45) is 1.44. The summed E-state index contributed by atoms with van der Waals surface area (Å²) in [4.78, 5) is -0.574. The van der Waals surface area contributed by atoms with Crippen LogP contribution in [-0.2, 0) is 0 Å². The van der Waals surface area contributed by atoms with Crippen LogP contribution in [0.25, 0.3) is 0 Å². The lowest BCUT2D eigenvalue weighted by Crippen LogP contribution is -1.98. The van der Waals surface area contributed by atoms with E-state index in [2.05, 4.69) is 15.9 Å². The minimum atomic E-state index is -1.20. The monoisotopic (exact) mass is 304 g/mol. The van der Waals surface area contributed by atoms with Gasteiger partial charge in [-0.3, -0.25) is 0 Å². The summed E-state index contributed by atoms with van der Waals surface area (Å²) in [7, 11) is 0. The largest absolute Gasteiger partial charge is 0.469 e. The molecule has 0 fully saturated rings. The van der Waals surface area contributed by atoms with E-state index in [9.17, 15) is 13.2 Å². The highest BCUT2D eigenvalue weighted by molar-refractivity contribution is 9.09. The number of benzene rings is 1. The number of hydrogen-bond donors (Lipinski definition) is 0. The van der Waals surface area contributed by atoms with E-state index in [1.54, 1.807) is 13.0 Å². The molecule has 0 N–H and O–H groups in total. The molecule has 0 aliphatic heterocycles. The van der Waals surface area contributed by atoms with Crippen LogP contribution in [0.3, 0.4) is 0 Å². The van der Waals surface area contributed by atoms with Crippen LogP contribution < -0.4 is 0 Å². The smallest absolute Gasteiger partial charge is 0.161 e. The normalized spacial score (nSPS) is 12.8. The van der Waals surface area contributed by atoms with Gasteiger partial charge in [-0.25, -0.2) is 13.2 Å². The van der Waals surface area contributed by atoms with Crippen LogP contribution in [0.2, 0.25) is 0 Å². The molecule has 90 valence electrons. The van der Waals surface area contributed by atoms with E-state index >= 15 is 0 Å². The van der Waals surface area contributed by atoms with Gasteiger partial charge in [0, 0.05) is 17.2 Å². The Kier molecular flexibility index (Phi) is 3.28. The second-order valence-electron chi connectivity index (χ2n) is 3.64. The lowest BCUT2D eigenvalue weighted by Gasteiger charge is -2.09. The minimum absolute atomic E-state index is 0.0321. The maximum atomic E-state index is 13.5. The molecule has 0 saturated carbocycles. The quantitative estimate of drug-likeness (QED) is 0.588. The van der Waals surface area contributed by atoms with E-state index < -0.39 is 22.3 Å². The Balaban J connectivity index is 2.43. The third-order valence-electron chi connectivity index (χ3n) is 2.36. The van der Waals surface area contributed by atoms with E-state index in [0.717, 1.165) is 6.07 Å². The highest BCUT2D eigenvalue weighted by Crippen LogP contribution is 2.34. The molecule has 17 heavy (non-hydrogen) atoms. The van der Waals surface area contributed by atoms with Gasteiger partial charge in [-0.2, -0.15) is 0 Å². The molecule has 1 atom stereocenters. The zero-order valence-corrected chi connectivity index (χ0v) is 10.4. The van der Waals surface area contributed by atoms with Gasteiger partial charge in [0.15, 0.2) is 11.6 Å². The van der Waals surface area contributed by atoms with Gasteiger partial charge < -0.3 is 4.42 Å². The number of alkyl halides is 1. The van der Waals surface area contributed by atoms with Crippen molar-refractivity contribution in [3.05, 3.63) is 58.8 Å². The van der Waals surface area contributed by atoms with Crippen LogP contribution in [0.1, 0.15) is 21.7 Å². The van der Waals surface area contributed by atoms with Gasteiger partial charge in [-0.15, -0.1) is 0 Å². The molecule has 1 unspecified atom stereocenters. The van der Waals surface area contributed by atoms with Crippen LogP contribution in [0, 0.1) is 24.4 Å². The van der Waals surface area contributed by atoms with Crippen molar-refractivity contribution in [3.8, 4) is 0 Å². The average Bonchev–Trinajstić information content (AvgIpc) is 2.69. The molecule has 1 aromatic heterocycles. The van der Waals surface area contributed by atoms with Gasteiger partial charge in [0.05, 0.1) is 11.1 Å². The molecule has 0 spiro atoms. The van der Waals surface area contributed by atoms with E-state index in [4.69, 9.17) is 4.42 Å². The van der Waals surface area contributed by atoms with Crippen molar-refractivity contribution < 1.29 is 17.6 Å². The van der Waals surface area contributed by atoms with Crippen LogP contribution in [0.5, 0.6) is 0 Å². The molecule has 1 heterocycles. The summed E-state index contributed by atoms with van der Waals surface area (Å²) in [5, 5.41) is 0. The summed E-state index contributed by atoms with van der Waals surface area (Å²) in [5.74, 6) is -2.42. The van der Waals surface area contributed by atoms with Gasteiger partial charge in [0.1, 0.15) is 11.6 Å². The second-order valence-corrected chi connectivity index (χ2v) is 4.56. The topological polar surface area (TPSA) is 13.1 Å². The molecular weight excluding hydrogens is 297 g/mol. The third kappa shape index (κ3) is 2.39. The number of halogens is 4. The van der Waals surface area contributed by atoms with E-state index in [1.165, 1.54) is 6.26 Å². The zero-order chi connectivity index (χ0) is 12.6. The highest BCUT2D eigenvalue weighted by Gasteiger charge is 2.19. The van der Waals surface area contributed by atoms with Gasteiger partial charge in [-0.05, 0) is 19.1 Å². The fourth-order valence-electron chi connectivity index (χ4n) is 1.51. The van der Waals surface area contributed by atoms with Crippen molar-refractivity contribution in [2.45, 2.75) is 11.8 Å². The molecule has 1 aromatic carbocycles. The maximum Gasteiger partial charge on any atom is 0.161 e. The first kappa shape index (κ1) is 12.2. The Morgan fingerprint density at radius 1 is 1.06 bits per heavy atom. The van der Waals surface area contributed by atoms with Crippen molar-refractivity contribution in [2.24, 2.45) is 0 Å². The van der Waals surface area contributed by atoms with Crippen molar-refractivity contribution in [1.29, 1.82) is 0 Å². The van der Waals surface area contributed by atoms with Gasteiger partial charge in [0.2, 0.25) is 0 Å². The Morgan fingerprint density at radius 2 is 1.71 bits per heavy atom. The van der Waals surface area contributed by atoms with E-state index in [-0.39, 0.29) is 5.56 Å². The van der Waals surface area contributed by atoms with Crippen molar-refractivity contribution in [3.63, 3.8) is 0 Å². The fourth-order valence-corrected chi connectivity index (χ4v) is 2.10. The molecule has 0 radical (unpaired) electrons. The number of aryl methyl sites for hydroxylation is 1. The van der Waals surface area contributed by atoms with Gasteiger partial charge in [0.25, 0.3) is 0 Å². The molecule has 2 rings (SSSR count). The number of furan rings is 1. The summed E-state index contributed by atoms with van der Waals surface area (Å²) in [6, 6.07) is 3.07. The Labute approximate surface area is 104 Å². The predicted molar refractivity (Wildman–Crippen MR) is 60.5 cm³/mol. The molecule has 0 saturated heterocycles. The average molecular weight is 305 g/mol. The predicted octanol–water partition coefficient (Wildman–Crippen LogP) is 4.49. The summed E-state index contributed by atoms with van der Waals surface area (Å²) < 4.78 is 44.4. The number of hydrogen-bond acceptors (Lipinski definition) is 1. The van der Waals surface area contributed by atoms with Gasteiger partial charge in [-0.1, -0.05) is 15.9 Å². The molecule has 0 bridgehead atoms. The molecule has 2 aromatic rings. The van der Waals surface area contributed by atoms with Crippen LogP contribution in [0.15, 0.2) is 28.9 Å². The van der Waals surface area contributed by atoms with Crippen molar-refractivity contribution in [2.75, 3.05) is 0 Å². The molecular formula is C12H8BrF3O. The van der Waals surface area contributed by atoms with E-state index in [0.29, 0.717) is 17.4 Å². The molecule has 5 heteroatoms. The van der Waals surface area contributed by atoms with Crippen LogP contribution in [0.4, 0.5) is 13.2 Å². The molecule has 0 aliphatic rings. The highest BCUT2D eigenvalue weighted by atomic mass is 79.9. The molecule has 0 amide bonds. The second kappa shape index (κ2) is 4.56. The summed E-state index contributed by atoms with van der Waals surface area (Å²) >= 11 is 3.23. The van der Waals surface area contributed by atoms with Crippen LogP contribution in [-0.4, -0.2) is 0 Å². The van der Waals surface area contributed by atoms with E-state index in [1.807, 2.05) is 0 Å². The zero-order valence-electron chi connectivity index (χ0n) is 8.81. The molecule has 1 nitrogen and oxygen atoms in total. The SMILES string of the molecule is Cc1cc(C(Br)c2cc(F)c(F)cc2F)co1. The minimum Gasteiger partial charge on any atom is -0.469 e. The summed E-state index contributed by atoms with van der Waals surface area (Å²) in [5.41, 5.74) is 0.678. The Morgan fingerprint density at radius 3 is 2.29 bits per heavy atom. The maximum absolute atomic E-state index is 13.5. The first-order valence-electron chi connectivity index (χ1n) is 4.82. The third-order valence-corrected chi connectivity index (χ3v) is 3.38. The van der Waals surface area contributed by atoms with Crippen molar-refractivity contribution in [1.82, 2.24) is 0 Å².